The lowest BCUT2D eigenvalue weighted by molar-refractivity contribution is -0.133. The first-order chi connectivity index (χ1) is 9.17. The zero-order chi connectivity index (χ0) is 14.1. The lowest BCUT2D eigenvalue weighted by atomic mass is 10.2. The van der Waals surface area contributed by atoms with Crippen LogP contribution in [0.25, 0.3) is 0 Å². The summed E-state index contributed by atoms with van der Waals surface area (Å²) in [5.74, 6) is -0.406. The number of hydrogen-bond acceptors (Lipinski definition) is 3. The summed E-state index contributed by atoms with van der Waals surface area (Å²) in [7, 11) is 0. The van der Waals surface area contributed by atoms with Crippen molar-refractivity contribution in [3.63, 3.8) is 0 Å². The molecule has 1 rings (SSSR count). The molecule has 0 bridgehead atoms. The first kappa shape index (κ1) is 18.4. The molecule has 0 spiro atoms. The van der Waals surface area contributed by atoms with Gasteiger partial charge in [0.05, 0.1) is 13.1 Å². The Hall–Kier alpha value is -1.59. The molecule has 5 nitrogen and oxygen atoms in total. The fourth-order valence-corrected chi connectivity index (χ4v) is 1.72. The topological polar surface area (TPSA) is 75.4 Å². The average Bonchev–Trinajstić information content (AvgIpc) is 2.45. The van der Waals surface area contributed by atoms with Gasteiger partial charge in [-0.05, 0) is 12.0 Å². The second kappa shape index (κ2) is 10.2. The van der Waals surface area contributed by atoms with Crippen LogP contribution >= 0.6 is 12.4 Å². The van der Waals surface area contributed by atoms with E-state index in [2.05, 4.69) is 5.32 Å². The van der Waals surface area contributed by atoms with Crippen LogP contribution in [-0.2, 0) is 16.1 Å². The minimum atomic E-state index is -0.315. The van der Waals surface area contributed by atoms with Gasteiger partial charge in [-0.15, -0.1) is 12.4 Å². The van der Waals surface area contributed by atoms with Crippen LogP contribution in [0.15, 0.2) is 30.3 Å². The summed E-state index contributed by atoms with van der Waals surface area (Å²) < 4.78 is 0. The van der Waals surface area contributed by atoms with E-state index in [4.69, 9.17) is 5.73 Å². The number of nitrogens with two attached hydrogens (primary N) is 1. The molecule has 0 aromatic heterocycles. The zero-order valence-electron chi connectivity index (χ0n) is 11.7. The Labute approximate surface area is 125 Å². The van der Waals surface area contributed by atoms with Gasteiger partial charge in [-0.25, -0.2) is 0 Å². The van der Waals surface area contributed by atoms with Crippen LogP contribution in [0.1, 0.15) is 18.9 Å². The van der Waals surface area contributed by atoms with E-state index in [9.17, 15) is 9.59 Å². The highest BCUT2D eigenvalue weighted by Gasteiger charge is 2.13. The number of rotatable bonds is 7. The van der Waals surface area contributed by atoms with Crippen molar-refractivity contribution in [3.05, 3.63) is 35.9 Å². The molecule has 0 aliphatic rings. The SMILES string of the molecule is CCCN(Cc1ccccc1)C(=O)CNC(=O)CN.Cl. The van der Waals surface area contributed by atoms with E-state index >= 15 is 0 Å². The van der Waals surface area contributed by atoms with Gasteiger partial charge in [-0.3, -0.25) is 9.59 Å². The third-order valence-corrected chi connectivity index (χ3v) is 2.68. The van der Waals surface area contributed by atoms with Gasteiger partial charge in [0.15, 0.2) is 0 Å². The number of carbonyl (C=O) groups is 2. The smallest absolute Gasteiger partial charge is 0.242 e. The summed E-state index contributed by atoms with van der Waals surface area (Å²) in [6.45, 7) is 3.16. The minimum absolute atomic E-state index is 0. The Kier molecular flexibility index (Phi) is 9.41. The van der Waals surface area contributed by atoms with Gasteiger partial charge in [0, 0.05) is 13.1 Å². The molecule has 0 saturated carbocycles. The maximum absolute atomic E-state index is 12.0. The van der Waals surface area contributed by atoms with Gasteiger partial charge in [0.25, 0.3) is 0 Å². The van der Waals surface area contributed by atoms with Crippen molar-refractivity contribution < 1.29 is 9.59 Å². The fraction of sp³-hybridized carbons (Fsp3) is 0.429. The van der Waals surface area contributed by atoms with Gasteiger partial charge < -0.3 is 16.0 Å². The Bertz CT molecular complexity index is 412. The molecule has 0 aliphatic carbocycles. The van der Waals surface area contributed by atoms with Crippen molar-refractivity contribution in [3.8, 4) is 0 Å². The van der Waals surface area contributed by atoms with Gasteiger partial charge >= 0.3 is 0 Å². The quantitative estimate of drug-likeness (QED) is 0.786. The molecule has 0 heterocycles. The first-order valence-corrected chi connectivity index (χ1v) is 6.45. The lowest BCUT2D eigenvalue weighted by Gasteiger charge is -2.22. The number of amides is 2. The molecule has 112 valence electrons. The molecule has 1 aromatic rings. The molecule has 6 heteroatoms. The van der Waals surface area contributed by atoms with E-state index in [0.717, 1.165) is 12.0 Å². The van der Waals surface area contributed by atoms with E-state index in [1.807, 2.05) is 37.3 Å². The molecule has 3 N–H and O–H groups in total. The summed E-state index contributed by atoms with van der Waals surface area (Å²) in [6, 6.07) is 9.79. The minimum Gasteiger partial charge on any atom is -0.346 e. The van der Waals surface area contributed by atoms with Crippen LogP contribution in [0, 0.1) is 0 Å². The van der Waals surface area contributed by atoms with Crippen LogP contribution in [0.5, 0.6) is 0 Å². The number of carbonyl (C=O) groups excluding carboxylic acids is 2. The van der Waals surface area contributed by atoms with E-state index in [-0.39, 0.29) is 37.3 Å². The maximum atomic E-state index is 12.0. The van der Waals surface area contributed by atoms with E-state index in [1.165, 1.54) is 0 Å². The van der Waals surface area contributed by atoms with Gasteiger partial charge in [-0.2, -0.15) is 0 Å². The molecular formula is C14H22ClN3O2. The van der Waals surface area contributed by atoms with Crippen LogP contribution in [0.2, 0.25) is 0 Å². The highest BCUT2D eigenvalue weighted by Crippen LogP contribution is 2.05. The summed E-state index contributed by atoms with van der Waals surface area (Å²) in [4.78, 5) is 24.8. The number of benzene rings is 1. The zero-order valence-corrected chi connectivity index (χ0v) is 12.5. The van der Waals surface area contributed by atoms with Crippen molar-refractivity contribution in [2.45, 2.75) is 19.9 Å². The largest absolute Gasteiger partial charge is 0.346 e. The van der Waals surface area contributed by atoms with Crippen LogP contribution in [-0.4, -0.2) is 36.3 Å². The molecule has 1 aromatic carbocycles. The number of halogens is 1. The molecule has 0 unspecified atom stereocenters. The van der Waals surface area contributed by atoms with Gasteiger partial charge in [-0.1, -0.05) is 37.3 Å². The number of hydrogen-bond donors (Lipinski definition) is 2. The third kappa shape index (κ3) is 6.54. The molecule has 0 atom stereocenters. The summed E-state index contributed by atoms with van der Waals surface area (Å²) >= 11 is 0. The Balaban J connectivity index is 0.00000361. The highest BCUT2D eigenvalue weighted by atomic mass is 35.5. The second-order valence-corrected chi connectivity index (χ2v) is 4.28. The normalized spacial score (nSPS) is 9.50. The molecule has 2 amide bonds. The van der Waals surface area contributed by atoms with Crippen LogP contribution < -0.4 is 11.1 Å². The molecular weight excluding hydrogens is 278 g/mol. The summed E-state index contributed by atoms with van der Waals surface area (Å²) in [5, 5.41) is 2.50. The number of nitrogens with zero attached hydrogens (tertiary/aromatic N) is 1. The van der Waals surface area contributed by atoms with Crippen molar-refractivity contribution in [1.82, 2.24) is 10.2 Å². The van der Waals surface area contributed by atoms with E-state index in [1.54, 1.807) is 4.90 Å². The average molecular weight is 300 g/mol. The molecule has 0 fully saturated rings. The summed E-state index contributed by atoms with van der Waals surface area (Å²) in [5.41, 5.74) is 6.26. The molecule has 20 heavy (non-hydrogen) atoms. The predicted molar refractivity (Wildman–Crippen MR) is 81.5 cm³/mol. The third-order valence-electron chi connectivity index (χ3n) is 2.68. The first-order valence-electron chi connectivity index (χ1n) is 6.45. The standard InChI is InChI=1S/C14H21N3O2.ClH/c1-2-8-17(11-12-6-4-3-5-7-12)14(19)10-16-13(18)9-15;/h3-7H,2,8-11,15H2,1H3,(H,16,18);1H. The molecule has 0 aliphatic heterocycles. The van der Waals surface area contributed by atoms with Crippen LogP contribution in [0.3, 0.4) is 0 Å². The van der Waals surface area contributed by atoms with Crippen molar-refractivity contribution >= 4 is 24.2 Å². The van der Waals surface area contributed by atoms with Crippen LogP contribution in [0.4, 0.5) is 0 Å². The van der Waals surface area contributed by atoms with Gasteiger partial charge in [0.1, 0.15) is 0 Å². The Morgan fingerprint density at radius 2 is 1.90 bits per heavy atom. The highest BCUT2D eigenvalue weighted by molar-refractivity contribution is 5.85. The molecule has 0 radical (unpaired) electrons. The Morgan fingerprint density at radius 3 is 2.45 bits per heavy atom. The van der Waals surface area contributed by atoms with E-state index in [0.29, 0.717) is 13.1 Å². The monoisotopic (exact) mass is 299 g/mol. The molecule has 0 saturated heterocycles. The predicted octanol–water partition coefficient (Wildman–Crippen LogP) is 0.922. The summed E-state index contributed by atoms with van der Waals surface area (Å²) in [6.07, 6.45) is 0.878. The second-order valence-electron chi connectivity index (χ2n) is 4.28. The lowest BCUT2D eigenvalue weighted by Crippen LogP contribution is -2.41. The van der Waals surface area contributed by atoms with Crippen molar-refractivity contribution in [2.24, 2.45) is 5.73 Å². The Morgan fingerprint density at radius 1 is 1.25 bits per heavy atom. The fourth-order valence-electron chi connectivity index (χ4n) is 1.72. The maximum Gasteiger partial charge on any atom is 0.242 e. The van der Waals surface area contributed by atoms with Crippen molar-refractivity contribution in [2.75, 3.05) is 19.6 Å². The van der Waals surface area contributed by atoms with Crippen molar-refractivity contribution in [1.29, 1.82) is 0 Å². The van der Waals surface area contributed by atoms with Gasteiger partial charge in [0.2, 0.25) is 11.8 Å². The van der Waals surface area contributed by atoms with E-state index < -0.39 is 0 Å². The number of nitrogens with one attached hydrogen (secondary N) is 1.